The maximum Gasteiger partial charge on any atom is 0.261 e. The normalized spacial score (nSPS) is 12.1. The average molecular weight is 540 g/mol. The van der Waals surface area contributed by atoms with Gasteiger partial charge in [0.05, 0.1) is 18.2 Å². The lowest BCUT2D eigenvalue weighted by Gasteiger charge is -2.24. The van der Waals surface area contributed by atoms with E-state index in [0.717, 1.165) is 23.8 Å². The first-order valence-corrected chi connectivity index (χ1v) is 12.3. The van der Waals surface area contributed by atoms with Gasteiger partial charge in [0, 0.05) is 38.0 Å². The molecule has 2 aromatic heterocycles. The van der Waals surface area contributed by atoms with Crippen molar-refractivity contribution >= 4 is 0 Å². The molecule has 0 amide bonds. The van der Waals surface area contributed by atoms with Crippen molar-refractivity contribution in [3.05, 3.63) is 111 Å². The van der Waals surface area contributed by atoms with E-state index >= 15 is 0 Å². The maximum atomic E-state index is 14.1. The van der Waals surface area contributed by atoms with E-state index in [1.807, 2.05) is 0 Å². The number of aromatic hydroxyl groups is 1. The Bertz CT molecular complexity index is 1500. The van der Waals surface area contributed by atoms with Gasteiger partial charge in [-0.05, 0) is 54.3 Å². The first kappa shape index (κ1) is 28.0. The Kier molecular flexibility index (Phi) is 8.78. The second-order valence-electron chi connectivity index (χ2n) is 8.96. The maximum absolute atomic E-state index is 14.1. The number of ether oxygens (including phenoxy) is 2. The number of pyridine rings is 1. The van der Waals surface area contributed by atoms with E-state index in [2.05, 4.69) is 9.97 Å². The third kappa shape index (κ3) is 6.18. The Morgan fingerprint density at radius 3 is 2.38 bits per heavy atom. The van der Waals surface area contributed by atoms with Crippen molar-refractivity contribution in [2.45, 2.75) is 32.9 Å². The minimum absolute atomic E-state index is 0.00730. The van der Waals surface area contributed by atoms with Crippen LogP contribution in [0.3, 0.4) is 0 Å². The highest BCUT2D eigenvalue weighted by Crippen LogP contribution is 2.27. The van der Waals surface area contributed by atoms with Gasteiger partial charge in [0.1, 0.15) is 24.1 Å². The van der Waals surface area contributed by atoms with E-state index < -0.39 is 35.1 Å². The largest absolute Gasteiger partial charge is 0.493 e. The van der Waals surface area contributed by atoms with Crippen LogP contribution in [0.25, 0.3) is 11.1 Å². The van der Waals surface area contributed by atoms with E-state index in [9.17, 15) is 23.1 Å². The van der Waals surface area contributed by atoms with Crippen LogP contribution in [0.15, 0.2) is 59.5 Å². The molecule has 0 spiro atoms. The van der Waals surface area contributed by atoms with Crippen molar-refractivity contribution in [2.24, 2.45) is 0 Å². The van der Waals surface area contributed by atoms with Crippen LogP contribution >= 0.6 is 0 Å². The Morgan fingerprint density at radius 1 is 1.05 bits per heavy atom. The molecule has 2 heterocycles. The van der Waals surface area contributed by atoms with Crippen molar-refractivity contribution < 1.29 is 27.8 Å². The van der Waals surface area contributed by atoms with E-state index in [-0.39, 0.29) is 36.6 Å². The molecule has 0 aliphatic carbocycles. The van der Waals surface area contributed by atoms with Crippen LogP contribution in [0.1, 0.15) is 41.0 Å². The summed E-state index contributed by atoms with van der Waals surface area (Å²) in [5.41, 5.74) is 2.11. The summed E-state index contributed by atoms with van der Waals surface area (Å²) in [6.07, 6.45) is 1.41. The fourth-order valence-corrected chi connectivity index (χ4v) is 4.45. The van der Waals surface area contributed by atoms with Crippen LogP contribution in [-0.2, 0) is 22.5 Å². The molecule has 1 N–H and O–H groups in total. The number of nitrogens with zero attached hydrogens (tertiary/aromatic N) is 3. The number of hydrogen-bond donors (Lipinski definition) is 1. The molecule has 0 bridgehead atoms. The van der Waals surface area contributed by atoms with Gasteiger partial charge in [-0.3, -0.25) is 9.36 Å². The fraction of sp³-hybridized carbons (Fsp3) is 0.276. The molecule has 0 saturated carbocycles. The topological polar surface area (TPSA) is 86.5 Å². The van der Waals surface area contributed by atoms with Crippen LogP contribution < -0.4 is 5.56 Å². The second kappa shape index (κ2) is 12.2. The van der Waals surface area contributed by atoms with Crippen LogP contribution in [0.2, 0.25) is 0 Å². The lowest BCUT2D eigenvalue weighted by atomic mass is 9.99. The molecule has 204 valence electrons. The summed E-state index contributed by atoms with van der Waals surface area (Å²) in [6, 6.07) is 10.9. The first-order valence-electron chi connectivity index (χ1n) is 12.3. The highest BCUT2D eigenvalue weighted by molar-refractivity contribution is 5.66. The van der Waals surface area contributed by atoms with E-state index in [4.69, 9.17) is 9.47 Å². The summed E-state index contributed by atoms with van der Waals surface area (Å²) < 4.78 is 54.1. The Hall–Kier alpha value is -4.02. The van der Waals surface area contributed by atoms with Gasteiger partial charge in [-0.2, -0.15) is 9.37 Å². The van der Waals surface area contributed by atoms with Crippen LogP contribution in [0.4, 0.5) is 13.2 Å². The minimum atomic E-state index is -0.943. The summed E-state index contributed by atoms with van der Waals surface area (Å²) >= 11 is 0. The van der Waals surface area contributed by atoms with Crippen LogP contribution in [0, 0.1) is 24.5 Å². The summed E-state index contributed by atoms with van der Waals surface area (Å²) in [6.45, 7) is 3.51. The number of rotatable bonds is 10. The first-order chi connectivity index (χ1) is 18.7. The Labute approximate surface area is 223 Å². The molecule has 4 aromatic rings. The summed E-state index contributed by atoms with van der Waals surface area (Å²) in [4.78, 5) is 21.7. The quantitative estimate of drug-likeness (QED) is 0.282. The van der Waals surface area contributed by atoms with Gasteiger partial charge in [-0.1, -0.05) is 24.3 Å². The standard InChI is InChI=1S/C29H28F3N3O4/c1-4-39-16-26-34-28(36)24(11-18-5-7-19(8-6-18)23-9-10-33-27(32)17(23)2)29(37)35(26)25(15-38-3)20-12-21(30)14-22(31)13-20/h5-10,12-14,25,36H,4,11,15-16H2,1-3H3/t25-/m0/s1. The summed E-state index contributed by atoms with van der Waals surface area (Å²) in [5.74, 6) is -2.54. The predicted molar refractivity (Wildman–Crippen MR) is 139 cm³/mol. The molecule has 0 unspecified atom stereocenters. The van der Waals surface area contributed by atoms with E-state index in [1.54, 1.807) is 44.2 Å². The molecule has 0 aliphatic heterocycles. The van der Waals surface area contributed by atoms with Crippen molar-refractivity contribution in [1.29, 1.82) is 0 Å². The smallest absolute Gasteiger partial charge is 0.261 e. The second-order valence-corrected chi connectivity index (χ2v) is 8.96. The van der Waals surface area contributed by atoms with Crippen molar-refractivity contribution in [3.8, 4) is 17.0 Å². The zero-order valence-electron chi connectivity index (χ0n) is 21.7. The minimum Gasteiger partial charge on any atom is -0.493 e. The zero-order valence-corrected chi connectivity index (χ0v) is 21.7. The Morgan fingerprint density at radius 2 is 1.74 bits per heavy atom. The van der Waals surface area contributed by atoms with Crippen molar-refractivity contribution in [2.75, 3.05) is 20.3 Å². The van der Waals surface area contributed by atoms with Gasteiger partial charge < -0.3 is 14.6 Å². The molecule has 1 atom stereocenters. The summed E-state index contributed by atoms with van der Waals surface area (Å²) in [5, 5.41) is 10.7. The molecule has 10 heteroatoms. The van der Waals surface area contributed by atoms with Crippen molar-refractivity contribution in [3.63, 3.8) is 0 Å². The SMILES string of the molecule is CCOCc1nc(O)c(Cc2ccc(-c3ccnc(F)c3C)cc2)c(=O)n1[C@@H](COC)c1cc(F)cc(F)c1. The molecular formula is C29H28F3N3O4. The number of halogens is 3. The molecule has 39 heavy (non-hydrogen) atoms. The van der Waals surface area contributed by atoms with E-state index in [1.165, 1.54) is 17.9 Å². The molecule has 0 fully saturated rings. The monoisotopic (exact) mass is 539 g/mol. The number of aromatic nitrogens is 3. The van der Waals surface area contributed by atoms with Crippen molar-refractivity contribution in [1.82, 2.24) is 14.5 Å². The van der Waals surface area contributed by atoms with Gasteiger partial charge in [0.25, 0.3) is 5.56 Å². The van der Waals surface area contributed by atoms with Crippen LogP contribution in [-0.4, -0.2) is 40.0 Å². The molecule has 0 aliphatic rings. The van der Waals surface area contributed by atoms with Gasteiger partial charge in [-0.15, -0.1) is 0 Å². The van der Waals surface area contributed by atoms with Gasteiger partial charge >= 0.3 is 0 Å². The highest BCUT2D eigenvalue weighted by Gasteiger charge is 2.25. The molecule has 0 saturated heterocycles. The lowest BCUT2D eigenvalue weighted by Crippen LogP contribution is -2.34. The highest BCUT2D eigenvalue weighted by atomic mass is 19.1. The number of hydrogen-bond acceptors (Lipinski definition) is 6. The van der Waals surface area contributed by atoms with Gasteiger partial charge in [0.2, 0.25) is 11.8 Å². The molecule has 4 rings (SSSR count). The molecule has 0 radical (unpaired) electrons. The molecule has 7 nitrogen and oxygen atoms in total. The predicted octanol–water partition coefficient (Wildman–Crippen LogP) is 5.10. The zero-order chi connectivity index (χ0) is 28.1. The Balaban J connectivity index is 1.78. The van der Waals surface area contributed by atoms with Gasteiger partial charge in [-0.25, -0.2) is 13.8 Å². The average Bonchev–Trinajstić information content (AvgIpc) is 2.90. The van der Waals surface area contributed by atoms with Gasteiger partial charge in [0.15, 0.2) is 0 Å². The fourth-order valence-electron chi connectivity index (χ4n) is 4.45. The van der Waals surface area contributed by atoms with E-state index in [0.29, 0.717) is 23.3 Å². The lowest BCUT2D eigenvalue weighted by molar-refractivity contribution is 0.116. The van der Waals surface area contributed by atoms with Crippen LogP contribution in [0.5, 0.6) is 5.88 Å². The molecule has 2 aromatic carbocycles. The summed E-state index contributed by atoms with van der Waals surface area (Å²) in [7, 11) is 1.41. The number of methoxy groups -OCH3 is 1. The number of benzene rings is 2. The third-order valence-electron chi connectivity index (χ3n) is 6.39. The third-order valence-corrected chi connectivity index (χ3v) is 6.39. The molecular weight excluding hydrogens is 511 g/mol.